The van der Waals surface area contributed by atoms with E-state index in [4.69, 9.17) is 4.74 Å². The van der Waals surface area contributed by atoms with E-state index in [0.29, 0.717) is 18.8 Å². The molecule has 1 aliphatic heterocycles. The number of rotatable bonds is 4. The molecule has 1 N–H and O–H groups in total. The normalized spacial score (nSPS) is 16.6. The Morgan fingerprint density at radius 2 is 2.09 bits per heavy atom. The largest absolute Gasteiger partial charge is 0.481 e. The highest BCUT2D eigenvalue weighted by atomic mass is 19.1. The number of benzene rings is 2. The van der Waals surface area contributed by atoms with Crippen molar-refractivity contribution in [3.05, 3.63) is 64.0 Å². The average Bonchev–Trinajstić information content (AvgIpc) is 2.56. The zero-order chi connectivity index (χ0) is 16.4. The van der Waals surface area contributed by atoms with Crippen LogP contribution in [0.4, 0.5) is 15.8 Å². The van der Waals surface area contributed by atoms with Crippen molar-refractivity contribution in [1.29, 1.82) is 0 Å². The summed E-state index contributed by atoms with van der Waals surface area (Å²) in [6, 6.07) is 11.6. The van der Waals surface area contributed by atoms with Crippen LogP contribution in [0.15, 0.2) is 42.5 Å². The number of hydrogen-bond acceptors (Lipinski definition) is 5. The van der Waals surface area contributed by atoms with E-state index in [1.165, 1.54) is 6.07 Å². The molecular formula is C16H15FN2O4. The van der Waals surface area contributed by atoms with Crippen LogP contribution in [0.2, 0.25) is 0 Å². The van der Waals surface area contributed by atoms with Crippen molar-refractivity contribution < 1.29 is 19.2 Å². The molecule has 0 saturated heterocycles. The maximum Gasteiger partial charge on any atom is 0.274 e. The number of nitro benzene ring substituents is 1. The standard InChI is InChI=1S/C16H15FN2O4/c17-14-6-12(19(21)22)7-15-16(14)23-13(10-20)9-18(15)8-11-4-2-1-3-5-11/h1-7,13,20H,8-10H2/t13-/m1/s1. The number of ether oxygens (including phenoxy) is 1. The second-order valence-electron chi connectivity index (χ2n) is 5.32. The molecule has 0 saturated carbocycles. The van der Waals surface area contributed by atoms with Gasteiger partial charge in [0.25, 0.3) is 5.69 Å². The average molecular weight is 318 g/mol. The monoisotopic (exact) mass is 318 g/mol. The SMILES string of the molecule is O=[N+]([O-])c1cc(F)c2c(c1)N(Cc1ccccc1)C[C@H](CO)O2. The van der Waals surface area contributed by atoms with Crippen molar-refractivity contribution in [2.45, 2.75) is 12.6 Å². The minimum Gasteiger partial charge on any atom is -0.481 e. The Kier molecular flexibility index (Phi) is 4.12. The Bertz CT molecular complexity index is 724. The van der Waals surface area contributed by atoms with E-state index in [1.807, 2.05) is 30.3 Å². The number of nitro groups is 1. The first-order chi connectivity index (χ1) is 11.1. The molecule has 0 bridgehead atoms. The first-order valence-electron chi connectivity index (χ1n) is 7.13. The van der Waals surface area contributed by atoms with Gasteiger partial charge in [0.2, 0.25) is 0 Å². The van der Waals surface area contributed by atoms with Crippen molar-refractivity contribution in [3.63, 3.8) is 0 Å². The summed E-state index contributed by atoms with van der Waals surface area (Å²) >= 11 is 0. The van der Waals surface area contributed by atoms with Crippen LogP contribution in [-0.2, 0) is 6.54 Å². The van der Waals surface area contributed by atoms with Crippen LogP contribution >= 0.6 is 0 Å². The number of hydrogen-bond donors (Lipinski definition) is 1. The molecule has 0 aromatic heterocycles. The Balaban J connectivity index is 2.02. The first-order valence-corrected chi connectivity index (χ1v) is 7.13. The van der Waals surface area contributed by atoms with Gasteiger partial charge in [0.1, 0.15) is 6.10 Å². The van der Waals surface area contributed by atoms with Crippen LogP contribution in [-0.4, -0.2) is 29.3 Å². The minimum atomic E-state index is -0.801. The summed E-state index contributed by atoms with van der Waals surface area (Å²) in [5.74, 6) is -0.859. The molecule has 0 fully saturated rings. The molecule has 0 unspecified atom stereocenters. The summed E-state index contributed by atoms with van der Waals surface area (Å²) in [7, 11) is 0. The molecular weight excluding hydrogens is 303 g/mol. The highest BCUT2D eigenvalue weighted by molar-refractivity contribution is 5.65. The van der Waals surface area contributed by atoms with Gasteiger partial charge in [-0.1, -0.05) is 30.3 Å². The quantitative estimate of drug-likeness (QED) is 0.692. The van der Waals surface area contributed by atoms with Gasteiger partial charge >= 0.3 is 0 Å². The van der Waals surface area contributed by atoms with Crippen molar-refractivity contribution >= 4 is 11.4 Å². The van der Waals surface area contributed by atoms with Crippen molar-refractivity contribution in [1.82, 2.24) is 0 Å². The third-order valence-electron chi connectivity index (χ3n) is 3.69. The minimum absolute atomic E-state index is 0.0585. The van der Waals surface area contributed by atoms with Gasteiger partial charge in [-0.2, -0.15) is 0 Å². The summed E-state index contributed by atoms with van der Waals surface area (Å²) in [4.78, 5) is 12.1. The second-order valence-corrected chi connectivity index (χ2v) is 5.32. The summed E-state index contributed by atoms with van der Waals surface area (Å²) < 4.78 is 19.6. The summed E-state index contributed by atoms with van der Waals surface area (Å²) in [6.45, 7) is 0.495. The molecule has 1 atom stereocenters. The maximum atomic E-state index is 14.2. The van der Waals surface area contributed by atoms with Gasteiger partial charge in [0.05, 0.1) is 29.8 Å². The van der Waals surface area contributed by atoms with Crippen molar-refractivity contribution in [2.24, 2.45) is 0 Å². The third kappa shape index (κ3) is 3.09. The zero-order valence-electron chi connectivity index (χ0n) is 12.2. The summed E-state index contributed by atoms with van der Waals surface area (Å²) in [5.41, 5.74) is 0.972. The van der Waals surface area contributed by atoms with Crippen LogP contribution in [0.25, 0.3) is 0 Å². The Morgan fingerprint density at radius 3 is 2.74 bits per heavy atom. The molecule has 2 aromatic carbocycles. The molecule has 23 heavy (non-hydrogen) atoms. The van der Waals surface area contributed by atoms with Crippen molar-refractivity contribution in [2.75, 3.05) is 18.1 Å². The molecule has 0 amide bonds. The van der Waals surface area contributed by atoms with Crippen LogP contribution < -0.4 is 9.64 Å². The van der Waals surface area contributed by atoms with E-state index in [9.17, 15) is 19.6 Å². The molecule has 1 heterocycles. The van der Waals surface area contributed by atoms with E-state index in [2.05, 4.69) is 0 Å². The molecule has 0 radical (unpaired) electrons. The highest BCUT2D eigenvalue weighted by Crippen LogP contribution is 2.39. The van der Waals surface area contributed by atoms with E-state index >= 15 is 0 Å². The zero-order valence-corrected chi connectivity index (χ0v) is 12.2. The lowest BCUT2D eigenvalue weighted by molar-refractivity contribution is -0.385. The Morgan fingerprint density at radius 1 is 1.35 bits per heavy atom. The van der Waals surface area contributed by atoms with Crippen LogP contribution in [0.1, 0.15) is 5.56 Å². The number of nitrogens with zero attached hydrogens (tertiary/aromatic N) is 2. The van der Waals surface area contributed by atoms with Gasteiger partial charge in [0, 0.05) is 12.6 Å². The first kappa shape index (κ1) is 15.2. The predicted octanol–water partition coefficient (Wildman–Crippen LogP) is 2.49. The van der Waals surface area contributed by atoms with E-state index in [1.54, 1.807) is 4.90 Å². The molecule has 2 aromatic rings. The van der Waals surface area contributed by atoms with E-state index in [0.717, 1.165) is 11.6 Å². The lowest BCUT2D eigenvalue weighted by atomic mass is 10.1. The molecule has 7 heteroatoms. The number of halogens is 1. The third-order valence-corrected chi connectivity index (χ3v) is 3.69. The maximum absolute atomic E-state index is 14.2. The van der Waals surface area contributed by atoms with Crippen molar-refractivity contribution in [3.8, 4) is 5.75 Å². The van der Waals surface area contributed by atoms with Gasteiger partial charge in [0.15, 0.2) is 11.6 Å². The van der Waals surface area contributed by atoms with Gasteiger partial charge in [-0.15, -0.1) is 0 Å². The number of non-ortho nitro benzene ring substituents is 1. The van der Waals surface area contributed by atoms with E-state index in [-0.39, 0.29) is 18.0 Å². The van der Waals surface area contributed by atoms with E-state index < -0.39 is 16.8 Å². The Hall–Kier alpha value is -2.67. The molecule has 3 rings (SSSR count). The number of fused-ring (bicyclic) bond motifs is 1. The molecule has 6 nitrogen and oxygen atoms in total. The predicted molar refractivity (Wildman–Crippen MR) is 82.0 cm³/mol. The number of anilines is 1. The molecule has 1 aliphatic rings. The summed E-state index contributed by atoms with van der Waals surface area (Å²) in [5, 5.41) is 20.3. The molecule has 0 spiro atoms. The number of aliphatic hydroxyl groups excluding tert-OH is 1. The fourth-order valence-electron chi connectivity index (χ4n) is 2.62. The smallest absolute Gasteiger partial charge is 0.274 e. The van der Waals surface area contributed by atoms with Gasteiger partial charge in [-0.25, -0.2) is 4.39 Å². The fraction of sp³-hybridized carbons (Fsp3) is 0.250. The molecule has 120 valence electrons. The second kappa shape index (κ2) is 6.21. The highest BCUT2D eigenvalue weighted by Gasteiger charge is 2.30. The van der Waals surface area contributed by atoms with Crippen LogP contribution in [0.3, 0.4) is 0 Å². The lowest BCUT2D eigenvalue weighted by Crippen LogP contribution is -2.42. The Labute approximate surface area is 131 Å². The van der Waals surface area contributed by atoms with Crippen LogP contribution in [0.5, 0.6) is 5.75 Å². The van der Waals surface area contributed by atoms with Gasteiger partial charge in [-0.05, 0) is 5.56 Å². The lowest BCUT2D eigenvalue weighted by Gasteiger charge is -2.35. The number of aliphatic hydroxyl groups is 1. The molecule has 0 aliphatic carbocycles. The van der Waals surface area contributed by atoms with Gasteiger partial charge < -0.3 is 14.7 Å². The fourth-order valence-corrected chi connectivity index (χ4v) is 2.62. The van der Waals surface area contributed by atoms with Crippen LogP contribution in [0, 0.1) is 15.9 Å². The summed E-state index contributed by atoms with van der Waals surface area (Å²) in [6.07, 6.45) is -0.581. The topological polar surface area (TPSA) is 75.8 Å². The van der Waals surface area contributed by atoms with Gasteiger partial charge in [-0.3, -0.25) is 10.1 Å².